The van der Waals surface area contributed by atoms with E-state index in [0.717, 1.165) is 23.5 Å². The summed E-state index contributed by atoms with van der Waals surface area (Å²) in [5.74, 6) is 1.10. The van der Waals surface area contributed by atoms with Gasteiger partial charge in [0.15, 0.2) is 0 Å². The molecule has 0 radical (unpaired) electrons. The van der Waals surface area contributed by atoms with Crippen LogP contribution >= 0.6 is 24.0 Å². The summed E-state index contributed by atoms with van der Waals surface area (Å²) in [5, 5.41) is 0. The second-order valence-corrected chi connectivity index (χ2v) is 5.22. The summed E-state index contributed by atoms with van der Waals surface area (Å²) in [5.41, 5.74) is 9.02. The maximum Gasteiger partial charge on any atom is 0.106 e. The monoisotopic (exact) mass is 254 g/mol. The highest BCUT2D eigenvalue weighted by molar-refractivity contribution is 7.98. The van der Waals surface area contributed by atoms with Gasteiger partial charge in [0.25, 0.3) is 0 Å². The predicted molar refractivity (Wildman–Crippen MR) is 78.7 cm³/mol. The molecule has 0 aliphatic rings. The first-order valence-electron chi connectivity index (χ1n) is 5.16. The van der Waals surface area contributed by atoms with Crippen LogP contribution in [-0.2, 0) is 0 Å². The number of hydrogen-bond acceptors (Lipinski definition) is 3. The Morgan fingerprint density at radius 2 is 2.19 bits per heavy atom. The molecule has 1 aromatic carbocycles. The lowest BCUT2D eigenvalue weighted by atomic mass is 10.1. The molecule has 0 saturated carbocycles. The molecule has 0 heterocycles. The third-order valence-corrected chi connectivity index (χ3v) is 3.27. The lowest BCUT2D eigenvalue weighted by Crippen LogP contribution is -2.24. The quantitative estimate of drug-likeness (QED) is 0.817. The molecule has 0 spiro atoms. The molecule has 0 unspecified atom stereocenters. The van der Waals surface area contributed by atoms with Gasteiger partial charge in [-0.25, -0.2) is 0 Å². The fourth-order valence-corrected chi connectivity index (χ4v) is 2.15. The van der Waals surface area contributed by atoms with Crippen LogP contribution < -0.4 is 10.6 Å². The fourth-order valence-electron chi connectivity index (χ4n) is 1.53. The number of anilines is 1. The van der Waals surface area contributed by atoms with Crippen molar-refractivity contribution in [2.45, 2.75) is 6.92 Å². The van der Waals surface area contributed by atoms with E-state index in [0.29, 0.717) is 4.99 Å². The van der Waals surface area contributed by atoms with E-state index in [1.54, 1.807) is 0 Å². The van der Waals surface area contributed by atoms with Gasteiger partial charge in [-0.3, -0.25) is 0 Å². The lowest BCUT2D eigenvalue weighted by molar-refractivity contribution is 0.976. The second-order valence-electron chi connectivity index (χ2n) is 3.80. The summed E-state index contributed by atoms with van der Waals surface area (Å²) in [6.07, 6.45) is 2.11. The van der Waals surface area contributed by atoms with Crippen molar-refractivity contribution in [3.05, 3.63) is 29.3 Å². The predicted octanol–water partition coefficient (Wildman–Crippen LogP) is 2.43. The number of benzene rings is 1. The van der Waals surface area contributed by atoms with E-state index in [4.69, 9.17) is 18.0 Å². The molecule has 0 saturated heterocycles. The smallest absolute Gasteiger partial charge is 0.106 e. The Bertz CT molecular complexity index is 377. The summed E-state index contributed by atoms with van der Waals surface area (Å²) in [7, 11) is 2.07. The average molecular weight is 254 g/mol. The highest BCUT2D eigenvalue weighted by Crippen LogP contribution is 2.21. The number of thiocarbonyl (C=S) groups is 1. The third kappa shape index (κ3) is 3.39. The van der Waals surface area contributed by atoms with Gasteiger partial charge in [0, 0.05) is 30.6 Å². The highest BCUT2D eigenvalue weighted by atomic mass is 32.2. The zero-order valence-electron chi connectivity index (χ0n) is 9.99. The minimum Gasteiger partial charge on any atom is -0.389 e. The molecule has 0 bridgehead atoms. The Labute approximate surface area is 107 Å². The van der Waals surface area contributed by atoms with Gasteiger partial charge in [-0.1, -0.05) is 23.8 Å². The summed E-state index contributed by atoms with van der Waals surface area (Å²) >= 11 is 6.92. The lowest BCUT2D eigenvalue weighted by Gasteiger charge is -2.22. The number of rotatable bonds is 5. The molecule has 0 aromatic heterocycles. The molecule has 1 aromatic rings. The van der Waals surface area contributed by atoms with Crippen LogP contribution in [0.25, 0.3) is 0 Å². The van der Waals surface area contributed by atoms with Gasteiger partial charge in [-0.05, 0) is 25.3 Å². The summed E-state index contributed by atoms with van der Waals surface area (Å²) in [6, 6.07) is 6.23. The van der Waals surface area contributed by atoms with Gasteiger partial charge in [-0.15, -0.1) is 0 Å². The Morgan fingerprint density at radius 3 is 2.75 bits per heavy atom. The zero-order valence-corrected chi connectivity index (χ0v) is 11.6. The van der Waals surface area contributed by atoms with Gasteiger partial charge in [-0.2, -0.15) is 11.8 Å². The molecule has 0 aliphatic carbocycles. The van der Waals surface area contributed by atoms with E-state index >= 15 is 0 Å². The molecule has 0 aliphatic heterocycles. The molecular formula is C12H18N2S2. The normalized spacial score (nSPS) is 10.2. The van der Waals surface area contributed by atoms with Crippen molar-refractivity contribution >= 4 is 34.7 Å². The van der Waals surface area contributed by atoms with Crippen molar-refractivity contribution in [2.75, 3.05) is 30.5 Å². The molecule has 0 atom stereocenters. The molecule has 0 fully saturated rings. The van der Waals surface area contributed by atoms with Gasteiger partial charge >= 0.3 is 0 Å². The van der Waals surface area contributed by atoms with Gasteiger partial charge < -0.3 is 10.6 Å². The number of nitrogens with zero attached hydrogens (tertiary/aromatic N) is 1. The van der Waals surface area contributed by atoms with Gasteiger partial charge in [0.1, 0.15) is 4.99 Å². The van der Waals surface area contributed by atoms with E-state index in [-0.39, 0.29) is 0 Å². The maximum atomic E-state index is 5.75. The topological polar surface area (TPSA) is 29.3 Å². The summed E-state index contributed by atoms with van der Waals surface area (Å²) in [6.45, 7) is 3.05. The van der Waals surface area contributed by atoms with Crippen molar-refractivity contribution < 1.29 is 0 Å². The van der Waals surface area contributed by atoms with Crippen molar-refractivity contribution in [3.63, 3.8) is 0 Å². The van der Waals surface area contributed by atoms with Crippen LogP contribution in [0, 0.1) is 6.92 Å². The van der Waals surface area contributed by atoms with Crippen molar-refractivity contribution in [1.82, 2.24) is 0 Å². The minimum absolute atomic E-state index is 0.467. The first-order chi connectivity index (χ1) is 7.56. The molecule has 1 rings (SSSR count). The third-order valence-electron chi connectivity index (χ3n) is 2.46. The molecule has 2 nitrogen and oxygen atoms in total. The molecule has 2 N–H and O–H groups in total. The SMILES string of the molecule is CSCCN(C)c1ccc(C)cc1C(N)=S. The van der Waals surface area contributed by atoms with Crippen molar-refractivity contribution in [2.24, 2.45) is 5.73 Å². The largest absolute Gasteiger partial charge is 0.389 e. The number of thioether (sulfide) groups is 1. The van der Waals surface area contributed by atoms with Crippen LogP contribution in [0.15, 0.2) is 18.2 Å². The minimum atomic E-state index is 0.467. The van der Waals surface area contributed by atoms with Gasteiger partial charge in [0.05, 0.1) is 0 Å². The Kier molecular flexibility index (Phi) is 5.09. The van der Waals surface area contributed by atoms with Crippen LogP contribution in [-0.4, -0.2) is 30.6 Å². The molecular weight excluding hydrogens is 236 g/mol. The second kappa shape index (κ2) is 6.11. The van der Waals surface area contributed by atoms with Crippen LogP contribution in [0.4, 0.5) is 5.69 Å². The standard InChI is InChI=1S/C12H18N2S2/c1-9-4-5-11(10(8-9)12(13)15)14(2)6-7-16-3/h4-5,8H,6-7H2,1-3H3,(H2,13,15). The van der Waals surface area contributed by atoms with Crippen LogP contribution in [0.5, 0.6) is 0 Å². The van der Waals surface area contributed by atoms with Crippen LogP contribution in [0.3, 0.4) is 0 Å². The first-order valence-corrected chi connectivity index (χ1v) is 6.97. The van der Waals surface area contributed by atoms with E-state index in [9.17, 15) is 0 Å². The van der Waals surface area contributed by atoms with Gasteiger partial charge in [0.2, 0.25) is 0 Å². The van der Waals surface area contributed by atoms with Crippen molar-refractivity contribution in [1.29, 1.82) is 0 Å². The van der Waals surface area contributed by atoms with E-state index < -0.39 is 0 Å². The number of hydrogen-bond donors (Lipinski definition) is 1. The zero-order chi connectivity index (χ0) is 12.1. The van der Waals surface area contributed by atoms with Crippen LogP contribution in [0.1, 0.15) is 11.1 Å². The molecule has 16 heavy (non-hydrogen) atoms. The van der Waals surface area contributed by atoms with E-state index in [2.05, 4.69) is 30.3 Å². The van der Waals surface area contributed by atoms with Crippen molar-refractivity contribution in [3.8, 4) is 0 Å². The molecule has 88 valence electrons. The summed E-state index contributed by atoms with van der Waals surface area (Å²) < 4.78 is 0. The molecule has 0 amide bonds. The Balaban J connectivity index is 2.98. The van der Waals surface area contributed by atoms with E-state index in [1.807, 2.05) is 24.8 Å². The highest BCUT2D eigenvalue weighted by Gasteiger charge is 2.09. The fraction of sp³-hybridized carbons (Fsp3) is 0.417. The molecule has 4 heteroatoms. The summed E-state index contributed by atoms with van der Waals surface area (Å²) in [4.78, 5) is 2.67. The number of aryl methyl sites for hydroxylation is 1. The average Bonchev–Trinajstić information content (AvgIpc) is 2.25. The first kappa shape index (κ1) is 13.3. The van der Waals surface area contributed by atoms with Crippen LogP contribution in [0.2, 0.25) is 0 Å². The Hall–Kier alpha value is -0.740. The maximum absolute atomic E-state index is 5.75. The van der Waals surface area contributed by atoms with E-state index in [1.165, 1.54) is 5.56 Å². The Morgan fingerprint density at radius 1 is 1.50 bits per heavy atom. The number of nitrogens with two attached hydrogens (primary N) is 1.